The Bertz CT molecular complexity index is 1030. The molecule has 6 nitrogen and oxygen atoms in total. The fourth-order valence-electron chi connectivity index (χ4n) is 3.59. The number of aromatic amines is 1. The molecule has 3 N–H and O–H groups in total. The van der Waals surface area contributed by atoms with Crippen molar-refractivity contribution in [1.82, 2.24) is 20.2 Å². The van der Waals surface area contributed by atoms with Crippen LogP contribution in [0.2, 0.25) is 0 Å². The second kappa shape index (κ2) is 7.18. The molecule has 29 heavy (non-hydrogen) atoms. The van der Waals surface area contributed by atoms with Gasteiger partial charge in [-0.3, -0.25) is 5.10 Å². The van der Waals surface area contributed by atoms with Crippen molar-refractivity contribution < 1.29 is 8.78 Å². The van der Waals surface area contributed by atoms with Gasteiger partial charge in [0.2, 0.25) is 0 Å². The van der Waals surface area contributed by atoms with Crippen LogP contribution in [0.25, 0.3) is 22.4 Å². The van der Waals surface area contributed by atoms with Crippen LogP contribution in [-0.2, 0) is 5.41 Å². The molecule has 1 atom stereocenters. The SMILES string of the molecule is CC(C)(C)c1nc(-c2cc(F)c(-c3cn[nH]c3)cc2F)cnc1N1CCC(N)C1. The van der Waals surface area contributed by atoms with Gasteiger partial charge in [0.15, 0.2) is 5.82 Å². The Balaban J connectivity index is 1.79. The molecule has 0 radical (unpaired) electrons. The van der Waals surface area contributed by atoms with Gasteiger partial charge in [-0.1, -0.05) is 20.8 Å². The van der Waals surface area contributed by atoms with Crippen molar-refractivity contribution in [3.63, 3.8) is 0 Å². The molecule has 0 amide bonds. The van der Waals surface area contributed by atoms with Crippen molar-refractivity contribution in [2.45, 2.75) is 38.6 Å². The molecule has 8 heteroatoms. The third-order valence-corrected chi connectivity index (χ3v) is 5.13. The van der Waals surface area contributed by atoms with Crippen molar-refractivity contribution in [3.05, 3.63) is 48.1 Å². The molecule has 152 valence electrons. The zero-order valence-corrected chi connectivity index (χ0v) is 16.7. The van der Waals surface area contributed by atoms with E-state index in [1.54, 1.807) is 0 Å². The summed E-state index contributed by atoms with van der Waals surface area (Å²) in [6, 6.07) is 2.44. The Kier molecular flexibility index (Phi) is 4.82. The molecule has 0 saturated carbocycles. The van der Waals surface area contributed by atoms with Gasteiger partial charge in [0.05, 0.1) is 23.8 Å². The van der Waals surface area contributed by atoms with E-state index in [0.29, 0.717) is 17.8 Å². The number of nitrogens with zero attached hydrogens (tertiary/aromatic N) is 4. The van der Waals surface area contributed by atoms with E-state index in [0.717, 1.165) is 24.5 Å². The van der Waals surface area contributed by atoms with Gasteiger partial charge in [-0.05, 0) is 18.6 Å². The maximum Gasteiger partial charge on any atom is 0.150 e. The first kappa shape index (κ1) is 19.4. The highest BCUT2D eigenvalue weighted by Crippen LogP contribution is 2.34. The fourth-order valence-corrected chi connectivity index (χ4v) is 3.59. The van der Waals surface area contributed by atoms with Gasteiger partial charge in [-0.2, -0.15) is 5.10 Å². The molecular weight excluding hydrogens is 374 g/mol. The summed E-state index contributed by atoms with van der Waals surface area (Å²) in [5, 5.41) is 6.40. The molecule has 1 aliphatic heterocycles. The van der Waals surface area contributed by atoms with E-state index in [2.05, 4.69) is 20.1 Å². The summed E-state index contributed by atoms with van der Waals surface area (Å²) in [6.45, 7) is 7.60. The zero-order valence-electron chi connectivity index (χ0n) is 16.7. The molecule has 0 spiro atoms. The van der Waals surface area contributed by atoms with E-state index < -0.39 is 11.6 Å². The largest absolute Gasteiger partial charge is 0.353 e. The minimum Gasteiger partial charge on any atom is -0.353 e. The molecule has 1 aliphatic rings. The summed E-state index contributed by atoms with van der Waals surface area (Å²) in [6.07, 6.45) is 5.36. The monoisotopic (exact) mass is 398 g/mol. The maximum absolute atomic E-state index is 14.9. The van der Waals surface area contributed by atoms with Crippen LogP contribution in [0.5, 0.6) is 0 Å². The zero-order chi connectivity index (χ0) is 20.8. The molecule has 0 bridgehead atoms. The van der Waals surface area contributed by atoms with E-state index in [-0.39, 0.29) is 22.6 Å². The van der Waals surface area contributed by atoms with Gasteiger partial charge in [0, 0.05) is 47.4 Å². The van der Waals surface area contributed by atoms with Crippen LogP contribution in [0.1, 0.15) is 32.9 Å². The first-order valence-electron chi connectivity index (χ1n) is 9.60. The summed E-state index contributed by atoms with van der Waals surface area (Å²) >= 11 is 0. The highest BCUT2D eigenvalue weighted by Gasteiger charge is 2.29. The number of anilines is 1. The molecular formula is C21H24F2N6. The van der Waals surface area contributed by atoms with Crippen LogP contribution in [0.4, 0.5) is 14.6 Å². The van der Waals surface area contributed by atoms with Crippen LogP contribution >= 0.6 is 0 Å². The van der Waals surface area contributed by atoms with E-state index in [9.17, 15) is 8.78 Å². The van der Waals surface area contributed by atoms with Crippen molar-refractivity contribution in [2.75, 3.05) is 18.0 Å². The molecule has 2 aromatic heterocycles. The van der Waals surface area contributed by atoms with E-state index in [1.807, 2.05) is 20.8 Å². The van der Waals surface area contributed by atoms with Crippen LogP contribution in [0.3, 0.4) is 0 Å². The molecule has 1 fully saturated rings. The lowest BCUT2D eigenvalue weighted by Crippen LogP contribution is -2.30. The normalized spacial score (nSPS) is 17.2. The summed E-state index contributed by atoms with van der Waals surface area (Å²) < 4.78 is 29.6. The average Bonchev–Trinajstić information content (AvgIpc) is 3.34. The molecule has 1 unspecified atom stereocenters. The smallest absolute Gasteiger partial charge is 0.150 e. The summed E-state index contributed by atoms with van der Waals surface area (Å²) in [5.41, 5.74) is 7.47. The van der Waals surface area contributed by atoms with Crippen LogP contribution in [0.15, 0.2) is 30.7 Å². The van der Waals surface area contributed by atoms with Gasteiger partial charge in [0.1, 0.15) is 11.6 Å². The summed E-state index contributed by atoms with van der Waals surface area (Å²) in [4.78, 5) is 11.4. The summed E-state index contributed by atoms with van der Waals surface area (Å²) in [5.74, 6) is -0.352. The van der Waals surface area contributed by atoms with E-state index in [4.69, 9.17) is 10.7 Å². The average molecular weight is 398 g/mol. The van der Waals surface area contributed by atoms with Crippen molar-refractivity contribution in [1.29, 1.82) is 0 Å². The van der Waals surface area contributed by atoms with Crippen LogP contribution in [0, 0.1) is 11.6 Å². The van der Waals surface area contributed by atoms with Gasteiger partial charge in [-0.25, -0.2) is 18.7 Å². The Morgan fingerprint density at radius 3 is 2.48 bits per heavy atom. The van der Waals surface area contributed by atoms with Crippen molar-refractivity contribution in [2.24, 2.45) is 5.73 Å². The number of rotatable bonds is 3. The predicted octanol–water partition coefficient (Wildman–Crippen LogP) is 3.65. The van der Waals surface area contributed by atoms with Crippen LogP contribution < -0.4 is 10.6 Å². The first-order valence-corrected chi connectivity index (χ1v) is 9.60. The quantitative estimate of drug-likeness (QED) is 0.704. The van der Waals surface area contributed by atoms with Crippen molar-refractivity contribution in [3.8, 4) is 22.4 Å². The molecule has 0 aliphatic carbocycles. The lowest BCUT2D eigenvalue weighted by atomic mass is 9.91. The topological polar surface area (TPSA) is 83.7 Å². The number of benzene rings is 1. The second-order valence-corrected chi connectivity index (χ2v) is 8.47. The second-order valence-electron chi connectivity index (χ2n) is 8.47. The minimum atomic E-state index is -0.562. The van der Waals surface area contributed by atoms with E-state index in [1.165, 1.54) is 30.7 Å². The van der Waals surface area contributed by atoms with Gasteiger partial charge >= 0.3 is 0 Å². The fraction of sp³-hybridized carbons (Fsp3) is 0.381. The van der Waals surface area contributed by atoms with Gasteiger partial charge in [-0.15, -0.1) is 0 Å². The maximum atomic E-state index is 14.9. The highest BCUT2D eigenvalue weighted by atomic mass is 19.1. The van der Waals surface area contributed by atoms with Gasteiger partial charge < -0.3 is 10.6 Å². The highest BCUT2D eigenvalue weighted by molar-refractivity contribution is 5.69. The van der Waals surface area contributed by atoms with Crippen molar-refractivity contribution >= 4 is 5.82 Å². The molecule has 4 rings (SSSR count). The van der Waals surface area contributed by atoms with E-state index >= 15 is 0 Å². The first-order chi connectivity index (χ1) is 13.7. The molecule has 3 aromatic rings. The lowest BCUT2D eigenvalue weighted by molar-refractivity contribution is 0.563. The number of hydrogen-bond acceptors (Lipinski definition) is 5. The molecule has 1 aromatic carbocycles. The number of nitrogens with two attached hydrogens (primary N) is 1. The Hall–Kier alpha value is -2.87. The number of halogens is 2. The Morgan fingerprint density at radius 1 is 1.14 bits per heavy atom. The Labute approximate surface area is 168 Å². The standard InChI is InChI=1S/C21H24F2N6/c1-21(2,3)19-20(29-5-4-13(24)11-29)25-10-18(28-19)15-7-16(22)14(6-17(15)23)12-8-26-27-9-12/h6-10,13H,4-5,11,24H2,1-3H3,(H,26,27). The Morgan fingerprint density at radius 2 is 1.86 bits per heavy atom. The predicted molar refractivity (Wildman–Crippen MR) is 108 cm³/mol. The number of hydrogen-bond donors (Lipinski definition) is 2. The molecule has 1 saturated heterocycles. The lowest BCUT2D eigenvalue weighted by Gasteiger charge is -2.27. The third-order valence-electron chi connectivity index (χ3n) is 5.13. The molecule has 3 heterocycles. The third kappa shape index (κ3) is 3.72. The number of nitrogens with one attached hydrogen (secondary N) is 1. The minimum absolute atomic E-state index is 0.0809. The van der Waals surface area contributed by atoms with Crippen LogP contribution in [-0.4, -0.2) is 39.3 Å². The van der Waals surface area contributed by atoms with Gasteiger partial charge in [0.25, 0.3) is 0 Å². The number of aromatic nitrogens is 4. The summed E-state index contributed by atoms with van der Waals surface area (Å²) in [7, 11) is 0. The number of H-pyrrole nitrogens is 1.